The van der Waals surface area contributed by atoms with Crippen molar-refractivity contribution in [2.45, 2.75) is 33.3 Å². The minimum absolute atomic E-state index is 0.00581. The van der Waals surface area contributed by atoms with E-state index in [1.165, 1.54) is 5.56 Å². The molecule has 1 aromatic rings. The van der Waals surface area contributed by atoms with Crippen LogP contribution in [0, 0.1) is 13.8 Å². The molecule has 0 bridgehead atoms. The van der Waals surface area contributed by atoms with Gasteiger partial charge in [0.25, 0.3) is 5.91 Å². The zero-order valence-electron chi connectivity index (χ0n) is 13.5. The van der Waals surface area contributed by atoms with Crippen molar-refractivity contribution >= 4 is 12.3 Å². The van der Waals surface area contributed by atoms with Crippen LogP contribution in [0.25, 0.3) is 0 Å². The Balaban J connectivity index is 2.00. The van der Waals surface area contributed by atoms with Crippen molar-refractivity contribution in [3.05, 3.63) is 29.3 Å². The summed E-state index contributed by atoms with van der Waals surface area (Å²) >= 11 is 0. The zero-order valence-corrected chi connectivity index (χ0v) is 13.5. The highest BCUT2D eigenvalue weighted by Gasteiger charge is 2.27. The first-order valence-electron chi connectivity index (χ1n) is 7.77. The van der Waals surface area contributed by atoms with Gasteiger partial charge in [0.2, 0.25) is 6.41 Å². The third kappa shape index (κ3) is 3.78. The van der Waals surface area contributed by atoms with Gasteiger partial charge in [-0.25, -0.2) is 0 Å². The first-order valence-corrected chi connectivity index (χ1v) is 7.77. The molecule has 1 heterocycles. The van der Waals surface area contributed by atoms with E-state index >= 15 is 0 Å². The Morgan fingerprint density at radius 3 is 2.45 bits per heavy atom. The van der Waals surface area contributed by atoms with Gasteiger partial charge in [-0.05, 0) is 43.5 Å². The summed E-state index contributed by atoms with van der Waals surface area (Å²) < 4.78 is 5.89. The molecule has 2 amide bonds. The molecule has 0 aromatic heterocycles. The highest BCUT2D eigenvalue weighted by atomic mass is 16.5. The topological polar surface area (TPSA) is 49.9 Å². The number of carbonyl (C=O) groups excluding carboxylic acids is 2. The number of benzene rings is 1. The fourth-order valence-electron chi connectivity index (χ4n) is 2.51. The largest absolute Gasteiger partial charge is 0.481 e. The number of piperazine rings is 1. The normalized spacial score (nSPS) is 16.3. The molecule has 0 spiro atoms. The second-order valence-corrected chi connectivity index (χ2v) is 5.73. The average molecular weight is 304 g/mol. The van der Waals surface area contributed by atoms with E-state index in [9.17, 15) is 9.59 Å². The van der Waals surface area contributed by atoms with E-state index < -0.39 is 6.10 Å². The molecule has 1 aliphatic rings. The van der Waals surface area contributed by atoms with Crippen LogP contribution in [0.5, 0.6) is 5.75 Å². The SMILES string of the molecule is CC[C@@H](Oc1ccc(C)c(C)c1)C(=O)N1CCN(C=O)CC1. The number of ether oxygens (including phenoxy) is 1. The first-order chi connectivity index (χ1) is 10.5. The van der Waals surface area contributed by atoms with Gasteiger partial charge in [-0.2, -0.15) is 0 Å². The lowest BCUT2D eigenvalue weighted by Gasteiger charge is -2.34. The summed E-state index contributed by atoms with van der Waals surface area (Å²) in [4.78, 5) is 26.8. The lowest BCUT2D eigenvalue weighted by atomic mass is 10.1. The molecular weight excluding hydrogens is 280 g/mol. The maximum atomic E-state index is 12.6. The van der Waals surface area contributed by atoms with E-state index in [1.807, 2.05) is 39.0 Å². The van der Waals surface area contributed by atoms with E-state index in [-0.39, 0.29) is 5.91 Å². The number of hydrogen-bond donors (Lipinski definition) is 0. The molecular formula is C17H24N2O3. The van der Waals surface area contributed by atoms with Crippen LogP contribution < -0.4 is 4.74 Å². The van der Waals surface area contributed by atoms with Gasteiger partial charge in [0.15, 0.2) is 6.10 Å². The lowest BCUT2D eigenvalue weighted by molar-refractivity contribution is -0.142. The Labute approximate surface area is 131 Å². The summed E-state index contributed by atoms with van der Waals surface area (Å²) in [6, 6.07) is 5.88. The van der Waals surface area contributed by atoms with Crippen LogP contribution in [-0.4, -0.2) is 54.4 Å². The van der Waals surface area contributed by atoms with Gasteiger partial charge in [-0.15, -0.1) is 0 Å². The van der Waals surface area contributed by atoms with E-state index in [4.69, 9.17) is 4.74 Å². The van der Waals surface area contributed by atoms with Gasteiger partial charge in [-0.1, -0.05) is 13.0 Å². The Morgan fingerprint density at radius 1 is 1.23 bits per heavy atom. The van der Waals surface area contributed by atoms with Gasteiger partial charge in [-0.3, -0.25) is 9.59 Å². The number of aryl methyl sites for hydroxylation is 2. The molecule has 22 heavy (non-hydrogen) atoms. The highest BCUT2D eigenvalue weighted by molar-refractivity contribution is 5.81. The Morgan fingerprint density at radius 2 is 1.91 bits per heavy atom. The number of hydrogen-bond acceptors (Lipinski definition) is 3. The molecule has 5 heteroatoms. The minimum atomic E-state index is -0.468. The summed E-state index contributed by atoms with van der Waals surface area (Å²) in [6.07, 6.45) is 0.995. The van der Waals surface area contributed by atoms with Gasteiger partial charge in [0.1, 0.15) is 5.75 Å². The number of rotatable bonds is 5. The maximum absolute atomic E-state index is 12.6. The van der Waals surface area contributed by atoms with Crippen molar-refractivity contribution in [2.75, 3.05) is 26.2 Å². The van der Waals surface area contributed by atoms with Crippen LogP contribution in [0.1, 0.15) is 24.5 Å². The smallest absolute Gasteiger partial charge is 0.263 e. The molecule has 1 aromatic carbocycles. The molecule has 0 aliphatic carbocycles. The summed E-state index contributed by atoms with van der Waals surface area (Å²) in [5, 5.41) is 0. The molecule has 1 aliphatic heterocycles. The predicted molar refractivity (Wildman–Crippen MR) is 84.8 cm³/mol. The van der Waals surface area contributed by atoms with Gasteiger partial charge < -0.3 is 14.5 Å². The van der Waals surface area contributed by atoms with Crippen LogP contribution >= 0.6 is 0 Å². The van der Waals surface area contributed by atoms with Gasteiger partial charge in [0.05, 0.1) is 0 Å². The highest BCUT2D eigenvalue weighted by Crippen LogP contribution is 2.19. The average Bonchev–Trinajstić information content (AvgIpc) is 2.55. The molecule has 2 rings (SSSR count). The second kappa shape index (κ2) is 7.29. The van der Waals surface area contributed by atoms with Crippen LogP contribution in [-0.2, 0) is 9.59 Å². The Kier molecular flexibility index (Phi) is 5.41. The molecule has 1 fully saturated rings. The van der Waals surface area contributed by atoms with Crippen LogP contribution in [0.3, 0.4) is 0 Å². The van der Waals surface area contributed by atoms with Crippen molar-refractivity contribution in [2.24, 2.45) is 0 Å². The van der Waals surface area contributed by atoms with Gasteiger partial charge in [0, 0.05) is 26.2 Å². The monoisotopic (exact) mass is 304 g/mol. The van der Waals surface area contributed by atoms with Crippen molar-refractivity contribution in [1.29, 1.82) is 0 Å². The molecule has 1 saturated heterocycles. The summed E-state index contributed by atoms with van der Waals surface area (Å²) in [7, 11) is 0. The van der Waals surface area contributed by atoms with Crippen LogP contribution in [0.4, 0.5) is 0 Å². The fraction of sp³-hybridized carbons (Fsp3) is 0.529. The predicted octanol–water partition coefficient (Wildman–Crippen LogP) is 1.76. The third-order valence-corrected chi connectivity index (χ3v) is 4.18. The summed E-state index contributed by atoms with van der Waals surface area (Å²) in [5.74, 6) is 0.737. The molecule has 0 unspecified atom stereocenters. The Bertz CT molecular complexity index is 537. The zero-order chi connectivity index (χ0) is 16.1. The molecule has 0 N–H and O–H groups in total. The molecule has 0 radical (unpaired) electrons. The first kappa shape index (κ1) is 16.3. The van der Waals surface area contributed by atoms with E-state index in [2.05, 4.69) is 0 Å². The standard InChI is InChI=1S/C17H24N2O3/c1-4-16(22-15-6-5-13(2)14(3)11-15)17(21)19-9-7-18(12-20)8-10-19/h5-6,11-12,16H,4,7-10H2,1-3H3/t16-/m1/s1. The van der Waals surface area contributed by atoms with Crippen molar-refractivity contribution in [3.63, 3.8) is 0 Å². The quantitative estimate of drug-likeness (QED) is 0.779. The second-order valence-electron chi connectivity index (χ2n) is 5.73. The fourth-order valence-corrected chi connectivity index (χ4v) is 2.51. The molecule has 0 saturated carbocycles. The Hall–Kier alpha value is -2.04. The van der Waals surface area contributed by atoms with E-state index in [1.54, 1.807) is 9.80 Å². The number of carbonyl (C=O) groups is 2. The van der Waals surface area contributed by atoms with Crippen molar-refractivity contribution in [3.8, 4) is 5.75 Å². The molecule has 5 nitrogen and oxygen atoms in total. The summed E-state index contributed by atoms with van der Waals surface area (Å²) in [5.41, 5.74) is 2.36. The third-order valence-electron chi connectivity index (χ3n) is 4.18. The maximum Gasteiger partial charge on any atom is 0.263 e. The minimum Gasteiger partial charge on any atom is -0.481 e. The van der Waals surface area contributed by atoms with Gasteiger partial charge >= 0.3 is 0 Å². The number of nitrogens with zero attached hydrogens (tertiary/aromatic N) is 2. The molecule has 120 valence electrons. The lowest BCUT2D eigenvalue weighted by Crippen LogP contribution is -2.51. The summed E-state index contributed by atoms with van der Waals surface area (Å²) in [6.45, 7) is 8.36. The van der Waals surface area contributed by atoms with E-state index in [0.717, 1.165) is 17.7 Å². The van der Waals surface area contributed by atoms with Crippen molar-refractivity contribution in [1.82, 2.24) is 9.80 Å². The molecule has 1 atom stereocenters. The van der Waals surface area contributed by atoms with Crippen molar-refractivity contribution < 1.29 is 14.3 Å². The van der Waals surface area contributed by atoms with E-state index in [0.29, 0.717) is 32.6 Å². The van der Waals surface area contributed by atoms with Crippen LogP contribution in [0.15, 0.2) is 18.2 Å². The number of amides is 2. The van der Waals surface area contributed by atoms with Crippen LogP contribution in [0.2, 0.25) is 0 Å².